The van der Waals surface area contributed by atoms with Crippen LogP contribution in [0.2, 0.25) is 0 Å². The van der Waals surface area contributed by atoms with Gasteiger partial charge in [0.05, 0.1) is 6.04 Å². The molecule has 0 bridgehead atoms. The lowest BCUT2D eigenvalue weighted by Crippen LogP contribution is -2.48. The average Bonchev–Trinajstić information content (AvgIpc) is 3.61. The Kier molecular flexibility index (Phi) is 7.15. The first-order valence-electron chi connectivity index (χ1n) is 12.9. The normalized spacial score (nSPS) is 17.1. The van der Waals surface area contributed by atoms with Gasteiger partial charge in [0.1, 0.15) is 18.9 Å². The van der Waals surface area contributed by atoms with Crippen LogP contribution in [0.15, 0.2) is 60.0 Å². The maximum absolute atomic E-state index is 13.7. The van der Waals surface area contributed by atoms with Gasteiger partial charge in [-0.15, -0.1) is 11.3 Å². The van der Waals surface area contributed by atoms with E-state index in [1.807, 2.05) is 48.2 Å². The first kappa shape index (κ1) is 24.6. The van der Waals surface area contributed by atoms with Crippen molar-refractivity contribution < 1.29 is 14.3 Å². The Morgan fingerprint density at radius 3 is 2.44 bits per heavy atom. The molecule has 1 aliphatic heterocycles. The Hall–Kier alpha value is -3.12. The molecule has 1 unspecified atom stereocenters. The van der Waals surface area contributed by atoms with E-state index in [1.54, 1.807) is 16.2 Å². The summed E-state index contributed by atoms with van der Waals surface area (Å²) in [6, 6.07) is 17.9. The van der Waals surface area contributed by atoms with Crippen molar-refractivity contribution in [1.82, 2.24) is 9.80 Å². The summed E-state index contributed by atoms with van der Waals surface area (Å²) in [5, 5.41) is 2.10. The molecule has 2 amide bonds. The molecule has 0 radical (unpaired) electrons. The highest BCUT2D eigenvalue weighted by atomic mass is 32.1. The molecule has 0 saturated heterocycles. The first-order valence-corrected chi connectivity index (χ1v) is 13.7. The van der Waals surface area contributed by atoms with E-state index < -0.39 is 0 Å². The Morgan fingerprint density at radius 1 is 1.06 bits per heavy atom. The van der Waals surface area contributed by atoms with Crippen LogP contribution in [-0.4, -0.2) is 47.4 Å². The number of hydrogen-bond acceptors (Lipinski definition) is 4. The van der Waals surface area contributed by atoms with Crippen molar-refractivity contribution in [2.45, 2.75) is 58.0 Å². The number of carbonyl (C=O) groups excluding carboxylic acids is 2. The molecule has 36 heavy (non-hydrogen) atoms. The molecule has 0 spiro atoms. The zero-order chi connectivity index (χ0) is 25.2. The van der Waals surface area contributed by atoms with E-state index in [4.69, 9.17) is 4.74 Å². The summed E-state index contributed by atoms with van der Waals surface area (Å²) in [7, 11) is 0. The largest absolute Gasteiger partial charge is 0.491 e. The van der Waals surface area contributed by atoms with Crippen LogP contribution < -0.4 is 4.74 Å². The summed E-state index contributed by atoms with van der Waals surface area (Å²) in [6.07, 6.45) is 2.75. The Labute approximate surface area is 217 Å². The molecule has 2 heterocycles. The van der Waals surface area contributed by atoms with E-state index in [-0.39, 0.29) is 30.4 Å². The summed E-state index contributed by atoms with van der Waals surface area (Å²) >= 11 is 1.74. The summed E-state index contributed by atoms with van der Waals surface area (Å²) in [6.45, 7) is 7.50. The van der Waals surface area contributed by atoms with Crippen LogP contribution in [0.4, 0.5) is 0 Å². The maximum Gasteiger partial charge on any atom is 0.254 e. The van der Waals surface area contributed by atoms with Gasteiger partial charge in [0.2, 0.25) is 5.91 Å². The van der Waals surface area contributed by atoms with Crippen molar-refractivity contribution in [3.63, 3.8) is 0 Å². The van der Waals surface area contributed by atoms with Crippen LogP contribution in [0.5, 0.6) is 5.75 Å². The predicted molar refractivity (Wildman–Crippen MR) is 144 cm³/mol. The number of ether oxygens (including phenoxy) is 1. The minimum absolute atomic E-state index is 0.0111. The molecule has 3 aromatic rings. The van der Waals surface area contributed by atoms with Crippen LogP contribution in [0.1, 0.15) is 70.6 Å². The zero-order valence-electron chi connectivity index (χ0n) is 21.3. The SMILES string of the molecule is Cc1ccc(C(=O)N(CC(=O)N2CCc3sccc3C2COc2ccc(C(C)C)cc2)C2CC2)cc1. The molecular weight excluding hydrogens is 468 g/mol. The smallest absolute Gasteiger partial charge is 0.254 e. The van der Waals surface area contributed by atoms with E-state index in [1.165, 1.54) is 16.0 Å². The van der Waals surface area contributed by atoms with E-state index in [0.717, 1.165) is 30.6 Å². The standard InChI is InChI=1S/C30H34N2O3S/c1-20(2)22-8-12-25(13-9-22)35-19-27-26-15-17-36-28(26)14-16-31(27)29(33)18-32(24-10-11-24)30(34)23-6-4-21(3)5-7-23/h4-9,12-13,15,17,20,24,27H,10-11,14,16,18-19H2,1-3H3. The van der Waals surface area contributed by atoms with E-state index in [2.05, 4.69) is 37.4 Å². The van der Waals surface area contributed by atoms with Crippen molar-refractivity contribution in [1.29, 1.82) is 0 Å². The lowest BCUT2D eigenvalue weighted by Gasteiger charge is -2.37. The van der Waals surface area contributed by atoms with Gasteiger partial charge in [-0.1, -0.05) is 43.7 Å². The lowest BCUT2D eigenvalue weighted by atomic mass is 10.00. The molecule has 5 nitrogen and oxygen atoms in total. The number of fused-ring (bicyclic) bond motifs is 1. The monoisotopic (exact) mass is 502 g/mol. The second-order valence-corrected chi connectivity index (χ2v) is 11.2. The highest BCUT2D eigenvalue weighted by molar-refractivity contribution is 7.10. The summed E-state index contributed by atoms with van der Waals surface area (Å²) in [4.78, 5) is 32.0. The topological polar surface area (TPSA) is 49.9 Å². The molecule has 1 saturated carbocycles. The quantitative estimate of drug-likeness (QED) is 0.380. The molecule has 5 rings (SSSR count). The minimum atomic E-state index is -0.159. The first-order chi connectivity index (χ1) is 17.4. The molecule has 1 atom stereocenters. The highest BCUT2D eigenvalue weighted by Crippen LogP contribution is 2.35. The molecule has 2 aliphatic rings. The van der Waals surface area contributed by atoms with Gasteiger partial charge in [0.25, 0.3) is 5.91 Å². The predicted octanol–water partition coefficient (Wildman–Crippen LogP) is 5.99. The van der Waals surface area contributed by atoms with Crippen LogP contribution in [-0.2, 0) is 11.2 Å². The molecule has 1 aliphatic carbocycles. The Bertz CT molecular complexity index is 1210. The number of carbonyl (C=O) groups is 2. The molecule has 6 heteroatoms. The molecule has 1 fully saturated rings. The number of benzene rings is 2. The third-order valence-electron chi connectivity index (χ3n) is 7.22. The third-order valence-corrected chi connectivity index (χ3v) is 8.22. The van der Waals surface area contributed by atoms with Crippen molar-refractivity contribution in [2.75, 3.05) is 19.7 Å². The Balaban J connectivity index is 1.32. The van der Waals surface area contributed by atoms with E-state index in [9.17, 15) is 9.59 Å². The fraction of sp³-hybridized carbons (Fsp3) is 0.400. The van der Waals surface area contributed by atoms with Crippen molar-refractivity contribution in [3.8, 4) is 5.75 Å². The fourth-order valence-corrected chi connectivity index (χ4v) is 5.78. The van der Waals surface area contributed by atoms with Crippen LogP contribution in [0.25, 0.3) is 0 Å². The molecular formula is C30H34N2O3S. The number of amides is 2. The number of thiophene rings is 1. The minimum Gasteiger partial charge on any atom is -0.491 e. The van der Waals surface area contributed by atoms with Gasteiger partial charge < -0.3 is 14.5 Å². The molecule has 1 aromatic heterocycles. The number of aryl methyl sites for hydroxylation is 1. The average molecular weight is 503 g/mol. The molecule has 0 N–H and O–H groups in total. The highest BCUT2D eigenvalue weighted by Gasteiger charge is 2.38. The number of nitrogens with zero attached hydrogens (tertiary/aromatic N) is 2. The lowest BCUT2D eigenvalue weighted by molar-refractivity contribution is -0.135. The molecule has 2 aromatic carbocycles. The van der Waals surface area contributed by atoms with Crippen molar-refractivity contribution >= 4 is 23.2 Å². The summed E-state index contributed by atoms with van der Waals surface area (Å²) in [5.74, 6) is 1.21. The van der Waals surface area contributed by atoms with Gasteiger partial charge >= 0.3 is 0 Å². The van der Waals surface area contributed by atoms with Gasteiger partial charge in [-0.25, -0.2) is 0 Å². The van der Waals surface area contributed by atoms with Crippen LogP contribution in [0, 0.1) is 6.92 Å². The van der Waals surface area contributed by atoms with Crippen LogP contribution in [0.3, 0.4) is 0 Å². The van der Waals surface area contributed by atoms with Crippen molar-refractivity contribution in [3.05, 3.63) is 87.1 Å². The van der Waals surface area contributed by atoms with Gasteiger partial charge in [-0.3, -0.25) is 9.59 Å². The zero-order valence-corrected chi connectivity index (χ0v) is 22.1. The number of rotatable bonds is 8. The summed E-state index contributed by atoms with van der Waals surface area (Å²) in [5.41, 5.74) is 4.20. The Morgan fingerprint density at radius 2 is 1.78 bits per heavy atom. The van der Waals surface area contributed by atoms with Crippen molar-refractivity contribution in [2.24, 2.45) is 0 Å². The number of hydrogen-bond donors (Lipinski definition) is 0. The van der Waals surface area contributed by atoms with Gasteiger partial charge in [0.15, 0.2) is 0 Å². The van der Waals surface area contributed by atoms with Crippen LogP contribution >= 0.6 is 11.3 Å². The van der Waals surface area contributed by atoms with Gasteiger partial charge in [-0.2, -0.15) is 0 Å². The second kappa shape index (κ2) is 10.5. The maximum atomic E-state index is 13.7. The van der Waals surface area contributed by atoms with Gasteiger partial charge in [-0.05, 0) is 78.9 Å². The third kappa shape index (κ3) is 5.34. The fourth-order valence-electron chi connectivity index (χ4n) is 4.85. The second-order valence-electron chi connectivity index (χ2n) is 10.2. The van der Waals surface area contributed by atoms with E-state index >= 15 is 0 Å². The van der Waals surface area contributed by atoms with Gasteiger partial charge in [0, 0.05) is 23.0 Å². The summed E-state index contributed by atoms with van der Waals surface area (Å²) < 4.78 is 6.21. The van der Waals surface area contributed by atoms with E-state index in [0.29, 0.717) is 24.6 Å². The molecule has 188 valence electrons.